The Morgan fingerprint density at radius 2 is 2.04 bits per heavy atom. The number of rotatable bonds is 5. The van der Waals surface area contributed by atoms with Crippen molar-refractivity contribution >= 4 is 27.5 Å². The van der Waals surface area contributed by atoms with E-state index in [0.29, 0.717) is 10.2 Å². The van der Waals surface area contributed by atoms with Crippen molar-refractivity contribution in [1.82, 2.24) is 14.9 Å². The Kier molecular flexibility index (Phi) is 5.34. The summed E-state index contributed by atoms with van der Waals surface area (Å²) in [5.41, 5.74) is 0.659. The number of nitriles is 1. The lowest BCUT2D eigenvalue weighted by Gasteiger charge is -2.27. The molecule has 3 rings (SSSR count). The van der Waals surface area contributed by atoms with Crippen LogP contribution in [0.15, 0.2) is 41.5 Å². The van der Waals surface area contributed by atoms with Gasteiger partial charge in [0.05, 0.1) is 17.8 Å². The van der Waals surface area contributed by atoms with Crippen molar-refractivity contribution in [2.24, 2.45) is 5.92 Å². The molecule has 1 N–H and O–H groups in total. The number of thiophene rings is 1. The second-order valence-corrected chi connectivity index (χ2v) is 8.30. The van der Waals surface area contributed by atoms with Gasteiger partial charge in [0.15, 0.2) is 0 Å². The molecular weight excluding hydrogens is 372 g/mol. The molecule has 0 aliphatic carbocycles. The zero-order valence-corrected chi connectivity index (χ0v) is 17.1. The standard InChI is InChI=1S/C21H22N4O2S/c1-13(2)21(4,11-22)24-16(26)10-25-12-23-19-17(20(25)27)14(3)18(28-19)15-8-6-5-7-9-15/h5-9,12-13H,10H2,1-4H3,(H,24,26)/t21-/m1/s1. The number of amides is 1. The van der Waals surface area contributed by atoms with Gasteiger partial charge in [0, 0.05) is 4.88 Å². The van der Waals surface area contributed by atoms with Crippen molar-refractivity contribution in [2.75, 3.05) is 0 Å². The summed E-state index contributed by atoms with van der Waals surface area (Å²) in [6.45, 7) is 7.13. The van der Waals surface area contributed by atoms with E-state index < -0.39 is 11.4 Å². The number of carbonyl (C=O) groups excluding carboxylic acids is 1. The van der Waals surface area contributed by atoms with Gasteiger partial charge in [-0.25, -0.2) is 4.98 Å². The van der Waals surface area contributed by atoms with Gasteiger partial charge in [-0.2, -0.15) is 5.26 Å². The first-order chi connectivity index (χ1) is 13.3. The van der Waals surface area contributed by atoms with Crippen molar-refractivity contribution in [2.45, 2.75) is 39.8 Å². The van der Waals surface area contributed by atoms with Crippen LogP contribution in [0.2, 0.25) is 0 Å². The smallest absolute Gasteiger partial charge is 0.262 e. The highest BCUT2D eigenvalue weighted by Crippen LogP contribution is 2.35. The molecule has 7 heteroatoms. The van der Waals surface area contributed by atoms with Crippen LogP contribution >= 0.6 is 11.3 Å². The average molecular weight is 395 g/mol. The third-order valence-corrected chi connectivity index (χ3v) is 6.30. The SMILES string of the molecule is Cc1c(-c2ccccc2)sc2ncn(CC(=O)N[C@](C)(C#N)C(C)C)c(=O)c12. The number of fused-ring (bicyclic) bond motifs is 1. The minimum Gasteiger partial charge on any atom is -0.336 e. The van der Waals surface area contributed by atoms with Crippen molar-refractivity contribution in [3.63, 3.8) is 0 Å². The molecule has 0 saturated heterocycles. The van der Waals surface area contributed by atoms with E-state index >= 15 is 0 Å². The van der Waals surface area contributed by atoms with Crippen molar-refractivity contribution in [3.05, 3.63) is 52.6 Å². The maximum Gasteiger partial charge on any atom is 0.262 e. The highest BCUT2D eigenvalue weighted by Gasteiger charge is 2.30. The minimum atomic E-state index is -0.989. The second kappa shape index (κ2) is 7.56. The fraction of sp³-hybridized carbons (Fsp3) is 0.333. The monoisotopic (exact) mass is 394 g/mol. The first-order valence-corrected chi connectivity index (χ1v) is 9.84. The summed E-state index contributed by atoms with van der Waals surface area (Å²) >= 11 is 1.47. The van der Waals surface area contributed by atoms with Crippen LogP contribution in [0.4, 0.5) is 0 Å². The van der Waals surface area contributed by atoms with Crippen LogP contribution < -0.4 is 10.9 Å². The molecule has 0 aliphatic heterocycles. The molecule has 0 aliphatic rings. The number of hydrogen-bond acceptors (Lipinski definition) is 5. The number of nitrogens with one attached hydrogen (secondary N) is 1. The number of nitrogens with zero attached hydrogens (tertiary/aromatic N) is 3. The lowest BCUT2D eigenvalue weighted by Crippen LogP contribution is -2.50. The Balaban J connectivity index is 1.95. The molecule has 2 heterocycles. The summed E-state index contributed by atoms with van der Waals surface area (Å²) < 4.78 is 1.30. The maximum atomic E-state index is 13.0. The van der Waals surface area contributed by atoms with E-state index in [-0.39, 0.29) is 18.0 Å². The van der Waals surface area contributed by atoms with Gasteiger partial charge in [0.2, 0.25) is 5.91 Å². The second-order valence-electron chi connectivity index (χ2n) is 7.30. The predicted molar refractivity (Wildman–Crippen MR) is 111 cm³/mol. The highest BCUT2D eigenvalue weighted by molar-refractivity contribution is 7.22. The van der Waals surface area contributed by atoms with E-state index in [0.717, 1.165) is 16.0 Å². The molecule has 3 aromatic rings. The minimum absolute atomic E-state index is 0.0636. The molecule has 2 aromatic heterocycles. The number of aryl methyl sites for hydroxylation is 1. The quantitative estimate of drug-likeness (QED) is 0.717. The zero-order chi connectivity index (χ0) is 20.5. The van der Waals surface area contributed by atoms with Crippen LogP contribution in [0, 0.1) is 24.2 Å². The van der Waals surface area contributed by atoms with Crippen molar-refractivity contribution in [1.29, 1.82) is 5.26 Å². The first-order valence-electron chi connectivity index (χ1n) is 9.03. The fourth-order valence-corrected chi connectivity index (χ4v) is 4.07. The number of benzene rings is 1. The van der Waals surface area contributed by atoms with Gasteiger partial charge in [-0.1, -0.05) is 44.2 Å². The molecule has 0 bridgehead atoms. The van der Waals surface area contributed by atoms with E-state index in [1.54, 1.807) is 6.92 Å². The van der Waals surface area contributed by atoms with Gasteiger partial charge in [0.25, 0.3) is 5.56 Å². The zero-order valence-electron chi connectivity index (χ0n) is 16.3. The number of hydrogen-bond donors (Lipinski definition) is 1. The molecule has 0 radical (unpaired) electrons. The van der Waals surface area contributed by atoms with E-state index in [1.807, 2.05) is 51.1 Å². The Hall–Kier alpha value is -2.98. The van der Waals surface area contributed by atoms with Crippen LogP contribution in [0.5, 0.6) is 0 Å². The van der Waals surface area contributed by atoms with E-state index in [9.17, 15) is 14.9 Å². The van der Waals surface area contributed by atoms with Crippen LogP contribution in [-0.4, -0.2) is 21.0 Å². The summed E-state index contributed by atoms with van der Waals surface area (Å²) in [6, 6.07) is 12.0. The normalized spacial score (nSPS) is 13.3. The van der Waals surface area contributed by atoms with Crippen LogP contribution in [0.1, 0.15) is 26.3 Å². The molecule has 0 spiro atoms. The molecule has 0 saturated carbocycles. The summed E-state index contributed by atoms with van der Waals surface area (Å²) in [5, 5.41) is 12.6. The number of carbonyl (C=O) groups is 1. The fourth-order valence-electron chi connectivity index (χ4n) is 2.92. The molecule has 0 unspecified atom stereocenters. The van der Waals surface area contributed by atoms with Gasteiger partial charge in [-0.05, 0) is 30.9 Å². The Bertz CT molecular complexity index is 1120. The van der Waals surface area contributed by atoms with Crippen LogP contribution in [0.25, 0.3) is 20.7 Å². The third-order valence-electron chi connectivity index (χ3n) is 5.05. The summed E-state index contributed by atoms with van der Waals surface area (Å²) in [4.78, 5) is 31.5. The molecule has 28 heavy (non-hydrogen) atoms. The van der Waals surface area contributed by atoms with E-state index in [2.05, 4.69) is 16.4 Å². The molecule has 1 atom stereocenters. The van der Waals surface area contributed by atoms with Gasteiger partial charge in [0.1, 0.15) is 16.9 Å². The first kappa shape index (κ1) is 19.8. The largest absolute Gasteiger partial charge is 0.336 e. The van der Waals surface area contributed by atoms with Gasteiger partial charge < -0.3 is 5.32 Å². The Morgan fingerprint density at radius 1 is 1.36 bits per heavy atom. The van der Waals surface area contributed by atoms with Crippen LogP contribution in [0.3, 0.4) is 0 Å². The molecule has 144 valence electrons. The summed E-state index contributed by atoms with van der Waals surface area (Å²) in [5.74, 6) is -0.455. The van der Waals surface area contributed by atoms with Crippen LogP contribution in [-0.2, 0) is 11.3 Å². The van der Waals surface area contributed by atoms with Gasteiger partial charge >= 0.3 is 0 Å². The lowest BCUT2D eigenvalue weighted by molar-refractivity contribution is -0.123. The van der Waals surface area contributed by atoms with Gasteiger partial charge in [-0.15, -0.1) is 11.3 Å². The van der Waals surface area contributed by atoms with Crippen molar-refractivity contribution < 1.29 is 4.79 Å². The summed E-state index contributed by atoms with van der Waals surface area (Å²) in [6.07, 6.45) is 1.40. The third kappa shape index (κ3) is 3.56. The Labute approximate surface area is 167 Å². The van der Waals surface area contributed by atoms with E-state index in [1.165, 1.54) is 22.2 Å². The van der Waals surface area contributed by atoms with E-state index in [4.69, 9.17) is 0 Å². The maximum absolute atomic E-state index is 13.0. The molecular formula is C21H22N4O2S. The van der Waals surface area contributed by atoms with Gasteiger partial charge in [-0.3, -0.25) is 14.2 Å². The average Bonchev–Trinajstić information content (AvgIpc) is 3.01. The topological polar surface area (TPSA) is 87.8 Å². The number of aromatic nitrogens is 2. The highest BCUT2D eigenvalue weighted by atomic mass is 32.1. The molecule has 1 aromatic carbocycles. The molecule has 0 fully saturated rings. The predicted octanol–water partition coefficient (Wildman–Crippen LogP) is 3.49. The Morgan fingerprint density at radius 3 is 2.64 bits per heavy atom. The summed E-state index contributed by atoms with van der Waals surface area (Å²) in [7, 11) is 0. The molecule has 1 amide bonds. The lowest BCUT2D eigenvalue weighted by atomic mass is 9.90. The van der Waals surface area contributed by atoms with Crippen molar-refractivity contribution in [3.8, 4) is 16.5 Å². The molecule has 6 nitrogen and oxygen atoms in total.